The van der Waals surface area contributed by atoms with Crippen molar-refractivity contribution >= 4 is 0 Å². The Kier molecular flexibility index (Phi) is 4.10. The number of alkyl halides is 4. The molecule has 16 heavy (non-hydrogen) atoms. The smallest absolute Gasteiger partial charge is 0.287 e. The van der Waals surface area contributed by atoms with Crippen LogP contribution >= 0.6 is 0 Å². The first-order chi connectivity index (χ1) is 7.40. The van der Waals surface area contributed by atoms with Gasteiger partial charge in [-0.1, -0.05) is 6.92 Å². The van der Waals surface area contributed by atoms with Gasteiger partial charge >= 0.3 is 6.18 Å². The molecule has 0 aromatic heterocycles. The first kappa shape index (κ1) is 13.2. The topological polar surface area (TPSA) is 30.3 Å². The van der Waals surface area contributed by atoms with Crippen molar-refractivity contribution in [2.24, 2.45) is 0 Å². The Morgan fingerprint density at radius 2 is 1.94 bits per heavy atom. The summed E-state index contributed by atoms with van der Waals surface area (Å²) in [5, 5.41) is 8.40. The molecule has 0 saturated carbocycles. The van der Waals surface area contributed by atoms with Gasteiger partial charge in [-0.2, -0.15) is 18.4 Å². The van der Waals surface area contributed by atoms with Gasteiger partial charge in [0.25, 0.3) is 0 Å². The van der Waals surface area contributed by atoms with Gasteiger partial charge in [0.1, 0.15) is 6.04 Å². The third-order valence-corrected chi connectivity index (χ3v) is 2.69. The molecule has 1 aliphatic heterocycles. The van der Waals surface area contributed by atoms with Crippen LogP contribution < -0.4 is 0 Å². The highest BCUT2D eigenvalue weighted by atomic mass is 19.4. The molecule has 1 aliphatic rings. The molecule has 2 unspecified atom stereocenters. The minimum absolute atomic E-state index is 0.144. The molecule has 1 fully saturated rings. The van der Waals surface area contributed by atoms with Crippen LogP contribution in [0.2, 0.25) is 0 Å². The Hall–Kier alpha value is -0.870. The van der Waals surface area contributed by atoms with E-state index in [-0.39, 0.29) is 19.6 Å². The highest BCUT2D eigenvalue weighted by Gasteiger charge is 2.48. The average Bonchev–Trinajstić information content (AvgIpc) is 2.19. The molecule has 0 bridgehead atoms. The average molecular weight is 239 g/mol. The van der Waals surface area contributed by atoms with Crippen molar-refractivity contribution < 1.29 is 17.6 Å². The fourth-order valence-electron chi connectivity index (χ4n) is 1.80. The molecule has 3 nitrogen and oxygen atoms in total. The molecule has 0 N–H and O–H groups in total. The fraction of sp³-hybridized carbons (Fsp3) is 0.889. The lowest BCUT2D eigenvalue weighted by molar-refractivity contribution is -0.207. The van der Waals surface area contributed by atoms with E-state index in [9.17, 15) is 17.6 Å². The predicted octanol–water partition coefficient (Wildman–Crippen LogP) is 1.37. The molecule has 7 heteroatoms. The molecule has 0 spiro atoms. The van der Waals surface area contributed by atoms with Crippen LogP contribution in [-0.4, -0.2) is 54.5 Å². The quantitative estimate of drug-likeness (QED) is 0.414. The van der Waals surface area contributed by atoms with Gasteiger partial charge in [-0.05, 0) is 6.54 Å². The Morgan fingerprint density at radius 1 is 1.31 bits per heavy atom. The maximum atomic E-state index is 13.4. The third-order valence-electron chi connectivity index (χ3n) is 2.69. The van der Waals surface area contributed by atoms with Crippen LogP contribution in [0.4, 0.5) is 17.6 Å². The Labute approximate surface area is 91.2 Å². The fourth-order valence-corrected chi connectivity index (χ4v) is 1.80. The van der Waals surface area contributed by atoms with E-state index in [1.165, 1.54) is 0 Å². The van der Waals surface area contributed by atoms with E-state index >= 15 is 0 Å². The molecule has 1 heterocycles. The van der Waals surface area contributed by atoms with Gasteiger partial charge in [-0.3, -0.25) is 9.80 Å². The summed E-state index contributed by atoms with van der Waals surface area (Å²) in [4.78, 5) is 1.98. The molecule has 0 amide bonds. The molecule has 92 valence electrons. The Morgan fingerprint density at radius 3 is 2.38 bits per heavy atom. The number of rotatable bonds is 2. The highest BCUT2D eigenvalue weighted by molar-refractivity contribution is 4.91. The normalized spacial score (nSPS) is 29.0. The van der Waals surface area contributed by atoms with Gasteiger partial charge in [-0.15, -0.1) is 0 Å². The molecule has 0 aliphatic carbocycles. The van der Waals surface area contributed by atoms with E-state index in [0.29, 0.717) is 0 Å². The largest absolute Gasteiger partial charge is 0.405 e. The van der Waals surface area contributed by atoms with Crippen LogP contribution in [0.1, 0.15) is 6.92 Å². The van der Waals surface area contributed by atoms with Crippen molar-refractivity contribution in [2.75, 3.05) is 26.2 Å². The predicted molar refractivity (Wildman–Crippen MR) is 49.2 cm³/mol. The Bertz CT molecular complexity index is 273. The van der Waals surface area contributed by atoms with Crippen molar-refractivity contribution in [3.05, 3.63) is 0 Å². The van der Waals surface area contributed by atoms with Crippen molar-refractivity contribution in [1.82, 2.24) is 9.80 Å². The van der Waals surface area contributed by atoms with E-state index in [2.05, 4.69) is 0 Å². The van der Waals surface area contributed by atoms with Gasteiger partial charge in [0.2, 0.25) is 0 Å². The summed E-state index contributed by atoms with van der Waals surface area (Å²) < 4.78 is 51.3. The number of piperazine rings is 1. The molecule has 2 atom stereocenters. The summed E-state index contributed by atoms with van der Waals surface area (Å²) in [6.45, 7) is 0.607. The number of hydrogen-bond donors (Lipinski definition) is 0. The first-order valence-corrected chi connectivity index (χ1v) is 4.96. The molecule has 0 aromatic rings. The number of nitriles is 1. The summed E-state index contributed by atoms with van der Waals surface area (Å²) >= 11 is 0. The monoisotopic (exact) mass is 239 g/mol. The first-order valence-electron chi connectivity index (χ1n) is 4.96. The van der Waals surface area contributed by atoms with E-state index in [1.54, 1.807) is 13.0 Å². The second-order valence-electron chi connectivity index (χ2n) is 3.67. The number of likely N-dealkylation sites (N-methyl/N-ethyl adjacent to an activating group) is 1. The standard InChI is InChI=1S/C9H13F4N3/c1-2-15-6-8(10)16(4-3-14)5-7(15)9(11,12)13/h7-8H,2,4-6H2,1H3. The molecule has 1 rings (SSSR count). The van der Waals surface area contributed by atoms with Crippen LogP contribution in [0, 0.1) is 11.3 Å². The van der Waals surface area contributed by atoms with Crippen molar-refractivity contribution in [3.63, 3.8) is 0 Å². The zero-order valence-corrected chi connectivity index (χ0v) is 8.84. The summed E-state index contributed by atoms with van der Waals surface area (Å²) in [7, 11) is 0. The number of nitrogens with zero attached hydrogens (tertiary/aromatic N) is 3. The second-order valence-corrected chi connectivity index (χ2v) is 3.67. The molecule has 0 aromatic carbocycles. The Balaban J connectivity index is 2.78. The van der Waals surface area contributed by atoms with E-state index < -0.39 is 25.1 Å². The lowest BCUT2D eigenvalue weighted by Crippen LogP contribution is -2.61. The van der Waals surface area contributed by atoms with Gasteiger partial charge < -0.3 is 0 Å². The molecular weight excluding hydrogens is 226 g/mol. The number of hydrogen-bond acceptors (Lipinski definition) is 3. The third kappa shape index (κ3) is 2.83. The summed E-state index contributed by atoms with van der Waals surface area (Å²) in [6, 6.07) is -0.00981. The van der Waals surface area contributed by atoms with Gasteiger partial charge in [0.15, 0.2) is 6.30 Å². The van der Waals surface area contributed by atoms with Crippen molar-refractivity contribution in [1.29, 1.82) is 5.26 Å². The molecular formula is C9H13F4N3. The summed E-state index contributed by atoms with van der Waals surface area (Å²) in [5.74, 6) is 0. The van der Waals surface area contributed by atoms with E-state index in [0.717, 1.165) is 9.80 Å². The number of halogens is 4. The van der Waals surface area contributed by atoms with Crippen LogP contribution in [-0.2, 0) is 0 Å². The molecule has 0 radical (unpaired) electrons. The van der Waals surface area contributed by atoms with Gasteiger partial charge in [0, 0.05) is 13.1 Å². The van der Waals surface area contributed by atoms with Crippen molar-refractivity contribution in [2.45, 2.75) is 25.4 Å². The zero-order valence-electron chi connectivity index (χ0n) is 8.84. The lowest BCUT2D eigenvalue weighted by atomic mass is 10.1. The SMILES string of the molecule is CCN1CC(F)N(CC#N)CC1C(F)(F)F. The van der Waals surface area contributed by atoms with Crippen molar-refractivity contribution in [3.8, 4) is 6.07 Å². The molecule has 1 saturated heterocycles. The van der Waals surface area contributed by atoms with Crippen LogP contribution in [0.15, 0.2) is 0 Å². The lowest BCUT2D eigenvalue weighted by Gasteiger charge is -2.42. The van der Waals surface area contributed by atoms with Gasteiger partial charge in [-0.25, -0.2) is 4.39 Å². The highest BCUT2D eigenvalue weighted by Crippen LogP contribution is 2.29. The van der Waals surface area contributed by atoms with E-state index in [1.807, 2.05) is 0 Å². The maximum absolute atomic E-state index is 13.4. The summed E-state index contributed by atoms with van der Waals surface area (Å²) in [6.07, 6.45) is -5.89. The van der Waals surface area contributed by atoms with Crippen LogP contribution in [0.5, 0.6) is 0 Å². The summed E-state index contributed by atoms with van der Waals surface area (Å²) in [5.41, 5.74) is 0. The second kappa shape index (κ2) is 4.97. The van der Waals surface area contributed by atoms with Crippen LogP contribution in [0.3, 0.4) is 0 Å². The van der Waals surface area contributed by atoms with Crippen LogP contribution in [0.25, 0.3) is 0 Å². The van der Waals surface area contributed by atoms with Gasteiger partial charge in [0.05, 0.1) is 12.6 Å². The maximum Gasteiger partial charge on any atom is 0.405 e. The minimum atomic E-state index is -4.39. The zero-order chi connectivity index (χ0) is 12.3. The van der Waals surface area contributed by atoms with E-state index in [4.69, 9.17) is 5.26 Å². The minimum Gasteiger partial charge on any atom is -0.287 e.